The molecule has 5 rings (SSSR count). The smallest absolute Gasteiger partial charge is 0.263 e. The van der Waals surface area contributed by atoms with E-state index in [1.807, 2.05) is 79.7 Å². The summed E-state index contributed by atoms with van der Waals surface area (Å²) >= 11 is 0. The van der Waals surface area contributed by atoms with E-state index in [9.17, 15) is 4.79 Å². The number of benzene rings is 3. The van der Waals surface area contributed by atoms with Crippen molar-refractivity contribution in [1.29, 1.82) is 0 Å². The van der Waals surface area contributed by atoms with Crippen LogP contribution in [0, 0.1) is 6.92 Å². The monoisotopic (exact) mass is 362 g/mol. The molecule has 2 heterocycles. The van der Waals surface area contributed by atoms with Crippen LogP contribution in [0.25, 0.3) is 22.7 Å². The molecular formula is C25H18N2O. The van der Waals surface area contributed by atoms with Crippen LogP contribution in [-0.2, 0) is 0 Å². The second-order valence-electron chi connectivity index (χ2n) is 6.98. The molecule has 0 unspecified atom stereocenters. The molecule has 0 saturated heterocycles. The summed E-state index contributed by atoms with van der Waals surface area (Å²) in [7, 11) is 0. The number of carbonyl (C=O) groups excluding carboxylic acids is 1. The van der Waals surface area contributed by atoms with Crippen LogP contribution in [0.15, 0.2) is 85.1 Å². The Kier molecular flexibility index (Phi) is 3.80. The van der Waals surface area contributed by atoms with Gasteiger partial charge in [0.1, 0.15) is 0 Å². The van der Waals surface area contributed by atoms with E-state index < -0.39 is 0 Å². The van der Waals surface area contributed by atoms with Crippen molar-refractivity contribution in [2.45, 2.75) is 6.92 Å². The van der Waals surface area contributed by atoms with Crippen LogP contribution in [0.3, 0.4) is 0 Å². The van der Waals surface area contributed by atoms with Gasteiger partial charge in [0.05, 0.1) is 16.9 Å². The average Bonchev–Trinajstić information content (AvgIpc) is 2.99. The quantitative estimate of drug-likeness (QED) is 0.458. The number of anilines is 1. The van der Waals surface area contributed by atoms with Crippen molar-refractivity contribution in [3.63, 3.8) is 0 Å². The van der Waals surface area contributed by atoms with E-state index in [1.54, 1.807) is 11.1 Å². The summed E-state index contributed by atoms with van der Waals surface area (Å²) in [6.45, 7) is 2.01. The van der Waals surface area contributed by atoms with E-state index in [2.05, 4.69) is 17.1 Å². The van der Waals surface area contributed by atoms with E-state index in [0.717, 1.165) is 44.5 Å². The molecule has 0 fully saturated rings. The van der Waals surface area contributed by atoms with Crippen LogP contribution in [0.5, 0.6) is 0 Å². The van der Waals surface area contributed by atoms with E-state index >= 15 is 0 Å². The molecule has 1 aliphatic heterocycles. The predicted molar refractivity (Wildman–Crippen MR) is 114 cm³/mol. The highest BCUT2D eigenvalue weighted by atomic mass is 16.2. The first kappa shape index (κ1) is 16.5. The Bertz CT molecular complexity index is 1240. The van der Waals surface area contributed by atoms with Crippen molar-refractivity contribution in [2.24, 2.45) is 0 Å². The van der Waals surface area contributed by atoms with Crippen LogP contribution in [0.4, 0.5) is 5.69 Å². The minimum absolute atomic E-state index is 0.0148. The van der Waals surface area contributed by atoms with Crippen LogP contribution < -0.4 is 4.90 Å². The van der Waals surface area contributed by atoms with Gasteiger partial charge in [-0.1, -0.05) is 66.2 Å². The van der Waals surface area contributed by atoms with Gasteiger partial charge < -0.3 is 0 Å². The zero-order valence-corrected chi connectivity index (χ0v) is 15.5. The molecule has 3 heteroatoms. The highest BCUT2D eigenvalue weighted by molar-refractivity contribution is 6.26. The average molecular weight is 362 g/mol. The number of carbonyl (C=O) groups is 1. The maximum absolute atomic E-state index is 13.5. The molecule has 1 aliphatic rings. The summed E-state index contributed by atoms with van der Waals surface area (Å²) in [4.78, 5) is 19.8. The molecule has 0 bridgehead atoms. The minimum atomic E-state index is -0.0148. The summed E-state index contributed by atoms with van der Waals surface area (Å²) in [5.74, 6) is -0.0148. The van der Waals surface area contributed by atoms with E-state index in [1.165, 1.54) is 0 Å². The SMILES string of the molecule is Cc1ccc2c(c1)C(=O)N(c1cccc3cccnc13)/C2=C/c1ccccc1. The second kappa shape index (κ2) is 6.46. The molecule has 3 nitrogen and oxygen atoms in total. The standard InChI is InChI=1S/C25H18N2O/c1-17-12-13-20-21(15-17)25(28)27(23(20)16-18-7-3-2-4-8-18)22-11-5-9-19-10-6-14-26-24(19)22/h2-16H,1H3/b23-16+. The van der Waals surface area contributed by atoms with Crippen LogP contribution >= 0.6 is 0 Å². The maximum Gasteiger partial charge on any atom is 0.263 e. The normalized spacial score (nSPS) is 14.7. The van der Waals surface area contributed by atoms with Crippen LogP contribution in [0.2, 0.25) is 0 Å². The third-order valence-corrected chi connectivity index (χ3v) is 5.08. The van der Waals surface area contributed by atoms with Gasteiger partial charge in [-0.3, -0.25) is 14.7 Å². The summed E-state index contributed by atoms with van der Waals surface area (Å²) in [5.41, 5.74) is 6.31. The van der Waals surface area contributed by atoms with Gasteiger partial charge in [0.15, 0.2) is 0 Å². The lowest BCUT2D eigenvalue weighted by atomic mass is 10.0. The van der Waals surface area contributed by atoms with Gasteiger partial charge in [-0.15, -0.1) is 0 Å². The van der Waals surface area contributed by atoms with Gasteiger partial charge >= 0.3 is 0 Å². The van der Waals surface area contributed by atoms with Gasteiger partial charge in [0, 0.05) is 22.7 Å². The fourth-order valence-corrected chi connectivity index (χ4v) is 3.77. The van der Waals surface area contributed by atoms with E-state index in [0.29, 0.717) is 0 Å². The Morgan fingerprint density at radius 3 is 2.54 bits per heavy atom. The van der Waals surface area contributed by atoms with Crippen molar-refractivity contribution < 1.29 is 4.79 Å². The number of pyridine rings is 1. The molecule has 1 amide bonds. The Morgan fingerprint density at radius 2 is 1.68 bits per heavy atom. The van der Waals surface area contributed by atoms with E-state index in [-0.39, 0.29) is 5.91 Å². The largest absolute Gasteiger partial charge is 0.274 e. The number of hydrogen-bond acceptors (Lipinski definition) is 2. The number of para-hydroxylation sites is 1. The molecule has 4 aromatic rings. The molecule has 0 aliphatic carbocycles. The zero-order valence-electron chi connectivity index (χ0n) is 15.5. The van der Waals surface area contributed by atoms with E-state index in [4.69, 9.17) is 0 Å². The first-order valence-electron chi connectivity index (χ1n) is 9.28. The fraction of sp³-hybridized carbons (Fsp3) is 0.0400. The predicted octanol–water partition coefficient (Wildman–Crippen LogP) is 5.70. The number of aryl methyl sites for hydroxylation is 1. The van der Waals surface area contributed by atoms with Crippen LogP contribution in [-0.4, -0.2) is 10.9 Å². The number of amides is 1. The fourth-order valence-electron chi connectivity index (χ4n) is 3.77. The van der Waals surface area contributed by atoms with Crippen molar-refractivity contribution in [2.75, 3.05) is 4.90 Å². The molecule has 0 atom stereocenters. The summed E-state index contributed by atoms with van der Waals surface area (Å²) < 4.78 is 0. The first-order valence-corrected chi connectivity index (χ1v) is 9.28. The Morgan fingerprint density at radius 1 is 0.857 bits per heavy atom. The van der Waals surface area contributed by atoms with Gasteiger partial charge in [0.2, 0.25) is 0 Å². The zero-order chi connectivity index (χ0) is 19.1. The summed E-state index contributed by atoms with van der Waals surface area (Å²) in [6.07, 6.45) is 3.84. The molecule has 0 N–H and O–H groups in total. The van der Waals surface area contributed by atoms with Gasteiger partial charge in [0.25, 0.3) is 5.91 Å². The second-order valence-corrected chi connectivity index (χ2v) is 6.98. The van der Waals surface area contributed by atoms with Crippen molar-refractivity contribution in [1.82, 2.24) is 4.98 Å². The lowest BCUT2D eigenvalue weighted by Crippen LogP contribution is -2.22. The summed E-state index contributed by atoms with van der Waals surface area (Å²) in [6, 6.07) is 26.0. The van der Waals surface area contributed by atoms with Crippen LogP contribution in [0.1, 0.15) is 27.0 Å². The highest BCUT2D eigenvalue weighted by Gasteiger charge is 2.34. The van der Waals surface area contributed by atoms with Gasteiger partial charge in [-0.25, -0.2) is 0 Å². The number of rotatable bonds is 2. The number of hydrogen-bond donors (Lipinski definition) is 0. The number of nitrogens with zero attached hydrogens (tertiary/aromatic N) is 2. The lowest BCUT2D eigenvalue weighted by molar-refractivity contribution is 0.101. The Hall–Kier alpha value is -3.72. The van der Waals surface area contributed by atoms with Gasteiger partial charge in [-0.2, -0.15) is 0 Å². The van der Waals surface area contributed by atoms with Gasteiger partial charge in [-0.05, 0) is 36.8 Å². The molecule has 0 radical (unpaired) electrons. The lowest BCUT2D eigenvalue weighted by Gasteiger charge is -2.20. The molecule has 1 aromatic heterocycles. The Balaban J connectivity index is 1.78. The molecule has 3 aromatic carbocycles. The molecular weight excluding hydrogens is 344 g/mol. The van der Waals surface area contributed by atoms with Crippen molar-refractivity contribution >= 4 is 34.3 Å². The Labute approximate surface area is 163 Å². The number of aromatic nitrogens is 1. The molecule has 0 saturated carbocycles. The number of fused-ring (bicyclic) bond motifs is 2. The molecule has 134 valence electrons. The molecule has 28 heavy (non-hydrogen) atoms. The summed E-state index contributed by atoms with van der Waals surface area (Å²) in [5, 5.41) is 1.01. The third-order valence-electron chi connectivity index (χ3n) is 5.08. The third kappa shape index (κ3) is 2.60. The first-order chi connectivity index (χ1) is 13.7. The highest BCUT2D eigenvalue weighted by Crippen LogP contribution is 2.40. The minimum Gasteiger partial charge on any atom is -0.274 e. The molecule has 0 spiro atoms. The maximum atomic E-state index is 13.5. The van der Waals surface area contributed by atoms with Crippen molar-refractivity contribution in [3.05, 3.63) is 107 Å². The topological polar surface area (TPSA) is 33.2 Å². The van der Waals surface area contributed by atoms with Crippen molar-refractivity contribution in [3.8, 4) is 0 Å².